The van der Waals surface area contributed by atoms with Crippen LogP contribution in [0.5, 0.6) is 11.8 Å². The van der Waals surface area contributed by atoms with E-state index < -0.39 is 6.10 Å². The summed E-state index contributed by atoms with van der Waals surface area (Å²) in [7, 11) is 2.98. The molecule has 1 aliphatic heterocycles. The van der Waals surface area contributed by atoms with Gasteiger partial charge < -0.3 is 19.5 Å². The molecule has 0 spiro atoms. The van der Waals surface area contributed by atoms with Crippen LogP contribution in [0.2, 0.25) is 0 Å². The van der Waals surface area contributed by atoms with Crippen molar-refractivity contribution in [3.63, 3.8) is 0 Å². The Hall–Kier alpha value is -2.60. The molecule has 1 aromatic heterocycles. The lowest BCUT2D eigenvalue weighted by atomic mass is 9.87. The lowest BCUT2D eigenvalue weighted by Gasteiger charge is -2.36. The van der Waals surface area contributed by atoms with E-state index in [1.54, 1.807) is 17.0 Å². The van der Waals surface area contributed by atoms with E-state index in [1.165, 1.54) is 14.2 Å². The van der Waals surface area contributed by atoms with Crippen molar-refractivity contribution in [3.8, 4) is 11.8 Å². The Kier molecular flexibility index (Phi) is 5.19. The summed E-state index contributed by atoms with van der Waals surface area (Å²) in [5.41, 5.74) is 1.47. The van der Waals surface area contributed by atoms with E-state index in [9.17, 15) is 9.90 Å². The standard InChI is InChI=1S/C19H22N2O4/c1-24-17-9-8-15(18(20-17)25-2)19(23)21-11-10-14(16(22)12-21)13-6-4-3-5-7-13/h3-9,14,16,22H,10-12H2,1-2H3/t14-,16+/m0/s1. The zero-order valence-corrected chi connectivity index (χ0v) is 14.4. The van der Waals surface area contributed by atoms with Gasteiger partial charge in [-0.1, -0.05) is 30.3 Å². The van der Waals surface area contributed by atoms with Crippen molar-refractivity contribution >= 4 is 5.91 Å². The summed E-state index contributed by atoms with van der Waals surface area (Å²) in [5, 5.41) is 10.5. The summed E-state index contributed by atoms with van der Waals surface area (Å²) in [4.78, 5) is 18.6. The number of pyridine rings is 1. The molecule has 3 rings (SSSR count). The fourth-order valence-electron chi connectivity index (χ4n) is 3.23. The molecule has 1 saturated heterocycles. The lowest BCUT2D eigenvalue weighted by Crippen LogP contribution is -2.45. The van der Waals surface area contributed by atoms with Gasteiger partial charge in [-0.3, -0.25) is 4.79 Å². The summed E-state index contributed by atoms with van der Waals surface area (Å²) < 4.78 is 10.3. The van der Waals surface area contributed by atoms with Crippen LogP contribution in [0.15, 0.2) is 42.5 Å². The molecule has 1 amide bonds. The van der Waals surface area contributed by atoms with Crippen LogP contribution in [0.25, 0.3) is 0 Å². The van der Waals surface area contributed by atoms with Crippen molar-refractivity contribution in [2.45, 2.75) is 18.4 Å². The first-order valence-electron chi connectivity index (χ1n) is 8.25. The summed E-state index contributed by atoms with van der Waals surface area (Å²) >= 11 is 0. The van der Waals surface area contributed by atoms with Gasteiger partial charge in [0.2, 0.25) is 11.8 Å². The molecule has 0 unspecified atom stereocenters. The number of carbonyl (C=O) groups is 1. The second-order valence-electron chi connectivity index (χ2n) is 6.03. The van der Waals surface area contributed by atoms with E-state index >= 15 is 0 Å². The predicted molar refractivity (Wildman–Crippen MR) is 93.1 cm³/mol. The average Bonchev–Trinajstić information content (AvgIpc) is 2.67. The largest absolute Gasteiger partial charge is 0.481 e. The van der Waals surface area contributed by atoms with E-state index in [1.807, 2.05) is 30.3 Å². The zero-order chi connectivity index (χ0) is 17.8. The fourth-order valence-corrected chi connectivity index (χ4v) is 3.23. The maximum atomic E-state index is 12.8. The number of aliphatic hydroxyl groups is 1. The van der Waals surface area contributed by atoms with Crippen LogP contribution in [-0.4, -0.2) is 54.3 Å². The molecule has 132 valence electrons. The average molecular weight is 342 g/mol. The number of hydrogen-bond acceptors (Lipinski definition) is 5. The second kappa shape index (κ2) is 7.53. The quantitative estimate of drug-likeness (QED) is 0.921. The number of rotatable bonds is 4. The number of likely N-dealkylation sites (tertiary alicyclic amines) is 1. The topological polar surface area (TPSA) is 71.9 Å². The van der Waals surface area contributed by atoms with Gasteiger partial charge in [0.05, 0.1) is 20.3 Å². The maximum absolute atomic E-state index is 12.8. The maximum Gasteiger partial charge on any atom is 0.259 e. The predicted octanol–water partition coefficient (Wildman–Crippen LogP) is 2.09. The molecule has 1 fully saturated rings. The van der Waals surface area contributed by atoms with Gasteiger partial charge >= 0.3 is 0 Å². The highest BCUT2D eigenvalue weighted by molar-refractivity contribution is 5.96. The highest BCUT2D eigenvalue weighted by atomic mass is 16.5. The highest BCUT2D eigenvalue weighted by Crippen LogP contribution is 2.30. The summed E-state index contributed by atoms with van der Waals surface area (Å²) in [6.45, 7) is 0.859. The number of nitrogens with zero attached hydrogens (tertiary/aromatic N) is 2. The summed E-state index contributed by atoms with van der Waals surface area (Å²) in [6, 6.07) is 13.2. The number of carbonyl (C=O) groups excluding carboxylic acids is 1. The number of methoxy groups -OCH3 is 2. The Balaban J connectivity index is 1.75. The summed E-state index contributed by atoms with van der Waals surface area (Å²) in [5.74, 6) is 0.457. The first kappa shape index (κ1) is 17.2. The molecule has 0 radical (unpaired) electrons. The molecular formula is C19H22N2O4. The van der Waals surface area contributed by atoms with Gasteiger partial charge in [0.1, 0.15) is 5.56 Å². The van der Waals surface area contributed by atoms with E-state index in [4.69, 9.17) is 9.47 Å². The molecule has 0 bridgehead atoms. The number of benzene rings is 1. The number of piperidine rings is 1. The van der Waals surface area contributed by atoms with Gasteiger partial charge in [-0.05, 0) is 18.1 Å². The Labute approximate surface area is 147 Å². The smallest absolute Gasteiger partial charge is 0.259 e. The molecule has 0 aliphatic carbocycles. The molecule has 6 nitrogen and oxygen atoms in total. The van der Waals surface area contributed by atoms with E-state index in [0.29, 0.717) is 24.4 Å². The Bertz CT molecular complexity index is 735. The third kappa shape index (κ3) is 3.58. The van der Waals surface area contributed by atoms with E-state index in [-0.39, 0.29) is 24.2 Å². The number of amides is 1. The van der Waals surface area contributed by atoms with Crippen LogP contribution in [0.4, 0.5) is 0 Å². The van der Waals surface area contributed by atoms with Gasteiger partial charge in [0, 0.05) is 25.1 Å². The highest BCUT2D eigenvalue weighted by Gasteiger charge is 2.32. The van der Waals surface area contributed by atoms with Crippen LogP contribution in [0.1, 0.15) is 28.3 Å². The summed E-state index contributed by atoms with van der Waals surface area (Å²) in [6.07, 6.45) is 0.111. The van der Waals surface area contributed by atoms with Gasteiger partial charge in [-0.2, -0.15) is 4.98 Å². The zero-order valence-electron chi connectivity index (χ0n) is 14.4. The number of aliphatic hydroxyl groups excluding tert-OH is 1. The molecule has 6 heteroatoms. The van der Waals surface area contributed by atoms with Crippen molar-refractivity contribution in [1.29, 1.82) is 0 Å². The first-order valence-corrected chi connectivity index (χ1v) is 8.25. The fraction of sp³-hybridized carbons (Fsp3) is 0.368. The number of β-amino-alcohol motifs (C(OH)–C–C–N with tert-alkyl or cyclic N) is 1. The third-order valence-corrected chi connectivity index (χ3v) is 4.56. The molecule has 1 aromatic carbocycles. The number of aromatic nitrogens is 1. The van der Waals surface area contributed by atoms with Crippen molar-refractivity contribution < 1.29 is 19.4 Å². The molecule has 1 aliphatic rings. The van der Waals surface area contributed by atoms with E-state index in [2.05, 4.69) is 4.98 Å². The van der Waals surface area contributed by atoms with Gasteiger partial charge in [0.25, 0.3) is 5.91 Å². The Morgan fingerprint density at radius 3 is 2.56 bits per heavy atom. The molecule has 0 saturated carbocycles. The molecule has 25 heavy (non-hydrogen) atoms. The monoisotopic (exact) mass is 342 g/mol. The third-order valence-electron chi connectivity index (χ3n) is 4.56. The van der Waals surface area contributed by atoms with Crippen LogP contribution >= 0.6 is 0 Å². The molecule has 2 heterocycles. The van der Waals surface area contributed by atoms with Crippen molar-refractivity contribution in [2.24, 2.45) is 0 Å². The minimum absolute atomic E-state index is 0.0427. The molecule has 2 atom stereocenters. The SMILES string of the molecule is COc1ccc(C(=O)N2CC[C@@H](c3ccccc3)[C@H](O)C2)c(OC)n1. The van der Waals surface area contributed by atoms with Crippen LogP contribution in [0.3, 0.4) is 0 Å². The Morgan fingerprint density at radius 1 is 1.16 bits per heavy atom. The van der Waals surface area contributed by atoms with Gasteiger partial charge in [0.15, 0.2) is 0 Å². The second-order valence-corrected chi connectivity index (χ2v) is 6.03. The van der Waals surface area contributed by atoms with Crippen LogP contribution in [0, 0.1) is 0 Å². The van der Waals surface area contributed by atoms with Crippen molar-refractivity contribution in [2.75, 3.05) is 27.3 Å². The van der Waals surface area contributed by atoms with Crippen molar-refractivity contribution in [3.05, 3.63) is 53.6 Å². The van der Waals surface area contributed by atoms with Gasteiger partial charge in [-0.15, -0.1) is 0 Å². The number of ether oxygens (including phenoxy) is 2. The van der Waals surface area contributed by atoms with Gasteiger partial charge in [-0.25, -0.2) is 0 Å². The van der Waals surface area contributed by atoms with Crippen molar-refractivity contribution in [1.82, 2.24) is 9.88 Å². The molecular weight excluding hydrogens is 320 g/mol. The normalized spacial score (nSPS) is 20.2. The minimum atomic E-state index is -0.600. The molecule has 2 aromatic rings. The Morgan fingerprint density at radius 2 is 1.92 bits per heavy atom. The first-order chi connectivity index (χ1) is 12.1. The van der Waals surface area contributed by atoms with Crippen LogP contribution < -0.4 is 9.47 Å². The van der Waals surface area contributed by atoms with E-state index in [0.717, 1.165) is 5.56 Å². The minimum Gasteiger partial charge on any atom is -0.481 e. The molecule has 1 N–H and O–H groups in total. The van der Waals surface area contributed by atoms with Crippen LogP contribution in [-0.2, 0) is 0 Å². The lowest BCUT2D eigenvalue weighted by molar-refractivity contribution is 0.0379. The number of hydrogen-bond donors (Lipinski definition) is 1.